The van der Waals surface area contributed by atoms with Gasteiger partial charge in [0.15, 0.2) is 0 Å². The molecule has 0 radical (unpaired) electrons. The Morgan fingerprint density at radius 2 is 2.22 bits per heavy atom. The van der Waals surface area contributed by atoms with Crippen LogP contribution in [-0.4, -0.2) is 23.5 Å². The lowest BCUT2D eigenvalue weighted by atomic mass is 9.88. The van der Waals surface area contributed by atoms with Gasteiger partial charge in [0.2, 0.25) is 11.8 Å². The van der Waals surface area contributed by atoms with Crippen molar-refractivity contribution in [2.75, 3.05) is 11.9 Å². The van der Waals surface area contributed by atoms with Crippen LogP contribution in [0.1, 0.15) is 18.9 Å². The van der Waals surface area contributed by atoms with Gasteiger partial charge in [-0.2, -0.15) is 0 Å². The zero-order chi connectivity index (χ0) is 13.3. The molecule has 18 heavy (non-hydrogen) atoms. The summed E-state index contributed by atoms with van der Waals surface area (Å²) in [6, 6.07) is 5.03. The van der Waals surface area contributed by atoms with Gasteiger partial charge in [-0.3, -0.25) is 9.59 Å². The van der Waals surface area contributed by atoms with E-state index in [-0.39, 0.29) is 24.0 Å². The summed E-state index contributed by atoms with van der Waals surface area (Å²) in [5, 5.41) is 15.0. The predicted octanol–water partition coefficient (Wildman–Crippen LogP) is 1.17. The first-order valence-corrected chi connectivity index (χ1v) is 5.78. The Labute approximate surface area is 105 Å². The number of anilines is 1. The summed E-state index contributed by atoms with van der Waals surface area (Å²) in [4.78, 5) is 23.3. The molecular formula is C13H16N2O3. The fourth-order valence-electron chi connectivity index (χ4n) is 1.95. The molecule has 5 nitrogen and oxygen atoms in total. The van der Waals surface area contributed by atoms with Crippen LogP contribution in [0.3, 0.4) is 0 Å². The van der Waals surface area contributed by atoms with Crippen LogP contribution >= 0.6 is 0 Å². The van der Waals surface area contributed by atoms with Crippen LogP contribution in [0.4, 0.5) is 5.69 Å². The third-order valence-electron chi connectivity index (χ3n) is 3.18. The summed E-state index contributed by atoms with van der Waals surface area (Å²) < 4.78 is 0. The molecule has 0 aromatic heterocycles. The lowest BCUT2D eigenvalue weighted by molar-refractivity contribution is -0.126. The molecule has 0 aliphatic carbocycles. The molecule has 1 aromatic carbocycles. The lowest BCUT2D eigenvalue weighted by Crippen LogP contribution is -2.35. The van der Waals surface area contributed by atoms with Gasteiger partial charge in [0.25, 0.3) is 0 Å². The largest absolute Gasteiger partial charge is 0.506 e. The molecule has 0 saturated carbocycles. The first kappa shape index (κ1) is 12.4. The normalized spacial score (nSPS) is 22.7. The maximum atomic E-state index is 12.1. The van der Waals surface area contributed by atoms with Gasteiger partial charge in [0.1, 0.15) is 5.75 Å². The van der Waals surface area contributed by atoms with Crippen molar-refractivity contribution in [3.05, 3.63) is 23.8 Å². The minimum absolute atomic E-state index is 0.0317. The van der Waals surface area contributed by atoms with Crippen LogP contribution in [0.2, 0.25) is 0 Å². The summed E-state index contributed by atoms with van der Waals surface area (Å²) in [5.41, 5.74) is 0.523. The van der Waals surface area contributed by atoms with E-state index in [0.717, 1.165) is 5.56 Å². The Kier molecular flexibility index (Phi) is 2.98. The van der Waals surface area contributed by atoms with Crippen LogP contribution in [0.25, 0.3) is 0 Å². The van der Waals surface area contributed by atoms with Gasteiger partial charge in [0, 0.05) is 13.0 Å². The molecule has 96 valence electrons. The Morgan fingerprint density at radius 3 is 2.78 bits per heavy atom. The van der Waals surface area contributed by atoms with Crippen molar-refractivity contribution in [2.45, 2.75) is 20.3 Å². The average Bonchev–Trinajstić information content (AvgIpc) is 2.64. The number of rotatable bonds is 2. The van der Waals surface area contributed by atoms with E-state index in [9.17, 15) is 14.7 Å². The van der Waals surface area contributed by atoms with E-state index in [0.29, 0.717) is 12.2 Å². The molecule has 5 heteroatoms. The standard InChI is InChI=1S/C13H16N2O3/c1-8-3-4-9(10(16)5-8)15-12(18)13(2)6-11(17)14-7-13/h3-5,16H,6-7H2,1-2H3,(H,14,17)(H,15,18). The van der Waals surface area contributed by atoms with Crippen LogP contribution in [0.5, 0.6) is 5.75 Å². The summed E-state index contributed by atoms with van der Waals surface area (Å²) in [5.74, 6) is -0.356. The van der Waals surface area contributed by atoms with E-state index in [1.165, 1.54) is 0 Å². The van der Waals surface area contributed by atoms with Crippen LogP contribution in [0, 0.1) is 12.3 Å². The highest BCUT2D eigenvalue weighted by Crippen LogP contribution is 2.30. The predicted molar refractivity (Wildman–Crippen MR) is 67.2 cm³/mol. The number of phenols is 1. The molecule has 1 aliphatic heterocycles. The van der Waals surface area contributed by atoms with E-state index in [4.69, 9.17) is 0 Å². The molecule has 1 atom stereocenters. The molecule has 1 aromatic rings. The summed E-state index contributed by atoms with van der Waals surface area (Å²) in [7, 11) is 0. The van der Waals surface area contributed by atoms with Crippen molar-refractivity contribution in [2.24, 2.45) is 5.41 Å². The molecule has 2 amide bonds. The van der Waals surface area contributed by atoms with Crippen molar-refractivity contribution in [1.29, 1.82) is 0 Å². The van der Waals surface area contributed by atoms with Gasteiger partial charge in [-0.1, -0.05) is 6.07 Å². The van der Waals surface area contributed by atoms with Crippen LogP contribution in [0.15, 0.2) is 18.2 Å². The Hall–Kier alpha value is -2.04. The molecule has 3 N–H and O–H groups in total. The lowest BCUT2D eigenvalue weighted by Gasteiger charge is -2.20. The van der Waals surface area contributed by atoms with E-state index < -0.39 is 5.41 Å². The second-order valence-electron chi connectivity index (χ2n) is 4.99. The third-order valence-corrected chi connectivity index (χ3v) is 3.18. The Morgan fingerprint density at radius 1 is 1.50 bits per heavy atom. The van der Waals surface area contributed by atoms with Gasteiger partial charge in [-0.25, -0.2) is 0 Å². The zero-order valence-corrected chi connectivity index (χ0v) is 10.4. The van der Waals surface area contributed by atoms with E-state index in [2.05, 4.69) is 10.6 Å². The number of hydrogen-bond acceptors (Lipinski definition) is 3. The summed E-state index contributed by atoms with van der Waals surface area (Å²) >= 11 is 0. The molecule has 2 rings (SSSR count). The number of nitrogens with one attached hydrogen (secondary N) is 2. The molecule has 1 unspecified atom stereocenters. The van der Waals surface area contributed by atoms with Gasteiger partial charge in [0.05, 0.1) is 11.1 Å². The number of aryl methyl sites for hydroxylation is 1. The van der Waals surface area contributed by atoms with Gasteiger partial charge in [-0.05, 0) is 31.5 Å². The number of phenolic OH excluding ortho intramolecular Hbond substituents is 1. The van der Waals surface area contributed by atoms with Gasteiger partial charge >= 0.3 is 0 Å². The van der Waals surface area contributed by atoms with Crippen molar-refractivity contribution in [3.8, 4) is 5.75 Å². The van der Waals surface area contributed by atoms with E-state index >= 15 is 0 Å². The first-order chi connectivity index (χ1) is 8.40. The average molecular weight is 248 g/mol. The highest BCUT2D eigenvalue weighted by Gasteiger charge is 2.40. The Bertz CT molecular complexity index is 513. The van der Waals surface area contributed by atoms with Crippen molar-refractivity contribution in [3.63, 3.8) is 0 Å². The summed E-state index contributed by atoms with van der Waals surface area (Å²) in [6.45, 7) is 3.90. The van der Waals surface area contributed by atoms with Crippen molar-refractivity contribution >= 4 is 17.5 Å². The fraction of sp³-hybridized carbons (Fsp3) is 0.385. The van der Waals surface area contributed by atoms with E-state index in [1.54, 1.807) is 25.1 Å². The molecular weight excluding hydrogens is 232 g/mol. The maximum absolute atomic E-state index is 12.1. The number of hydrogen-bond donors (Lipinski definition) is 3. The molecule has 1 saturated heterocycles. The Balaban J connectivity index is 2.14. The van der Waals surface area contributed by atoms with Crippen LogP contribution < -0.4 is 10.6 Å². The number of carbonyl (C=O) groups excluding carboxylic acids is 2. The number of aromatic hydroxyl groups is 1. The molecule has 0 spiro atoms. The van der Waals surface area contributed by atoms with Gasteiger partial charge in [-0.15, -0.1) is 0 Å². The summed E-state index contributed by atoms with van der Waals surface area (Å²) in [6.07, 6.45) is 0.172. The SMILES string of the molecule is Cc1ccc(NC(=O)C2(C)CNC(=O)C2)c(O)c1. The second-order valence-corrected chi connectivity index (χ2v) is 4.99. The first-order valence-electron chi connectivity index (χ1n) is 5.78. The van der Waals surface area contributed by atoms with Gasteiger partial charge < -0.3 is 15.7 Å². The minimum atomic E-state index is -0.756. The maximum Gasteiger partial charge on any atom is 0.232 e. The topological polar surface area (TPSA) is 78.4 Å². The highest BCUT2D eigenvalue weighted by atomic mass is 16.3. The number of carbonyl (C=O) groups is 2. The van der Waals surface area contributed by atoms with Crippen LogP contribution in [-0.2, 0) is 9.59 Å². The molecule has 1 fully saturated rings. The number of benzene rings is 1. The van der Waals surface area contributed by atoms with Crippen molar-refractivity contribution in [1.82, 2.24) is 5.32 Å². The minimum Gasteiger partial charge on any atom is -0.506 e. The quantitative estimate of drug-likeness (QED) is 0.687. The molecule has 1 heterocycles. The second kappa shape index (κ2) is 4.33. The van der Waals surface area contributed by atoms with Crippen molar-refractivity contribution < 1.29 is 14.7 Å². The molecule has 0 bridgehead atoms. The highest BCUT2D eigenvalue weighted by molar-refractivity contribution is 6.00. The monoisotopic (exact) mass is 248 g/mol. The zero-order valence-electron chi connectivity index (χ0n) is 10.4. The van der Waals surface area contributed by atoms with E-state index in [1.807, 2.05) is 6.92 Å². The molecule has 1 aliphatic rings. The fourth-order valence-corrected chi connectivity index (χ4v) is 1.95. The third kappa shape index (κ3) is 2.30. The smallest absolute Gasteiger partial charge is 0.232 e. The number of amides is 2.